The van der Waals surface area contributed by atoms with E-state index in [-0.39, 0.29) is 0 Å². The van der Waals surface area contributed by atoms with Crippen LogP contribution in [0.3, 0.4) is 0 Å². The van der Waals surface area contributed by atoms with Gasteiger partial charge in [-0.1, -0.05) is 18.2 Å². The Morgan fingerprint density at radius 1 is 0.938 bits per heavy atom. The van der Waals surface area contributed by atoms with E-state index in [9.17, 15) is 14.4 Å². The van der Waals surface area contributed by atoms with Crippen molar-refractivity contribution in [2.45, 2.75) is 0 Å². The summed E-state index contributed by atoms with van der Waals surface area (Å²) in [5, 5.41) is 7.99. The number of rotatable bonds is 7. The van der Waals surface area contributed by atoms with Crippen molar-refractivity contribution in [3.05, 3.63) is 70.4 Å². The molecule has 32 heavy (non-hydrogen) atoms. The number of carbonyl (C=O) groups is 3. The van der Waals surface area contributed by atoms with Crippen molar-refractivity contribution in [2.24, 2.45) is 5.10 Å². The van der Waals surface area contributed by atoms with Crippen LogP contribution in [-0.4, -0.2) is 38.2 Å². The normalized spacial score (nSPS) is 10.4. The summed E-state index contributed by atoms with van der Waals surface area (Å²) in [7, 11) is 2.93. The van der Waals surface area contributed by atoms with Crippen LogP contribution >= 0.6 is 11.3 Å². The smallest absolute Gasteiger partial charge is 0.353 e. The van der Waals surface area contributed by atoms with Gasteiger partial charge in [0.15, 0.2) is 0 Å². The molecule has 0 spiro atoms. The molecule has 0 aliphatic carbocycles. The lowest BCUT2D eigenvalue weighted by Gasteiger charge is -2.10. The Kier molecular flexibility index (Phi) is 7.55. The third-order valence-electron chi connectivity index (χ3n) is 4.03. The van der Waals surface area contributed by atoms with E-state index in [0.29, 0.717) is 33.4 Å². The topological polar surface area (TPSA) is 115 Å². The summed E-state index contributed by atoms with van der Waals surface area (Å²) in [6.07, 6.45) is 1.32. The number of hydrazone groups is 1. The number of carbonyl (C=O) groups excluding carboxylic acids is 3. The molecule has 0 saturated carbocycles. The zero-order valence-electron chi connectivity index (χ0n) is 17.2. The summed E-state index contributed by atoms with van der Waals surface area (Å²) >= 11 is 1.28. The number of benzene rings is 2. The van der Waals surface area contributed by atoms with E-state index in [0.717, 1.165) is 0 Å². The number of thiophene rings is 1. The lowest BCUT2D eigenvalue weighted by Crippen LogP contribution is -2.32. The summed E-state index contributed by atoms with van der Waals surface area (Å²) < 4.78 is 15.6. The predicted molar refractivity (Wildman–Crippen MR) is 120 cm³/mol. The standard InChI is InChI=1S/C22H19N3O6S/c1-29-15-8-9-17(18(12-15)30-2)24-20(26)21(27)25-23-13-14-5-3-6-16(11-14)31-22(28)19-7-4-10-32-19/h3-13H,1-2H3,(H,24,26)(H,25,27)/b23-13+. The predicted octanol–water partition coefficient (Wildman–Crippen LogP) is 3.07. The van der Waals surface area contributed by atoms with Gasteiger partial charge < -0.3 is 19.5 Å². The zero-order chi connectivity index (χ0) is 22.9. The van der Waals surface area contributed by atoms with Crippen molar-refractivity contribution in [1.29, 1.82) is 0 Å². The second kappa shape index (κ2) is 10.7. The van der Waals surface area contributed by atoms with Crippen LogP contribution in [0.1, 0.15) is 15.2 Å². The van der Waals surface area contributed by atoms with Gasteiger partial charge in [0.1, 0.15) is 22.1 Å². The monoisotopic (exact) mass is 453 g/mol. The minimum atomic E-state index is -0.973. The summed E-state index contributed by atoms with van der Waals surface area (Å²) in [6.45, 7) is 0. The molecular formula is C22H19N3O6S. The zero-order valence-corrected chi connectivity index (χ0v) is 18.0. The van der Waals surface area contributed by atoms with Crippen LogP contribution in [0.5, 0.6) is 17.2 Å². The lowest BCUT2D eigenvalue weighted by molar-refractivity contribution is -0.136. The number of ether oxygens (including phenoxy) is 3. The molecule has 3 rings (SSSR count). The largest absolute Gasteiger partial charge is 0.497 e. The fraction of sp³-hybridized carbons (Fsp3) is 0.0909. The molecular weight excluding hydrogens is 434 g/mol. The fourth-order valence-electron chi connectivity index (χ4n) is 2.51. The number of anilines is 1. The first-order valence-electron chi connectivity index (χ1n) is 9.22. The summed E-state index contributed by atoms with van der Waals surface area (Å²) in [4.78, 5) is 36.7. The molecule has 164 valence electrons. The van der Waals surface area contributed by atoms with Gasteiger partial charge in [-0.05, 0) is 41.3 Å². The lowest BCUT2D eigenvalue weighted by atomic mass is 10.2. The number of methoxy groups -OCH3 is 2. The quantitative estimate of drug-likeness (QED) is 0.187. The molecule has 3 aromatic rings. The highest BCUT2D eigenvalue weighted by Gasteiger charge is 2.16. The first kappa shape index (κ1) is 22.5. The van der Waals surface area contributed by atoms with Crippen LogP contribution in [0, 0.1) is 0 Å². The molecule has 1 aromatic heterocycles. The first-order valence-corrected chi connectivity index (χ1v) is 10.1. The van der Waals surface area contributed by atoms with Crippen molar-refractivity contribution in [2.75, 3.05) is 19.5 Å². The molecule has 1 heterocycles. The third kappa shape index (κ3) is 5.92. The van der Waals surface area contributed by atoms with Gasteiger partial charge in [-0.25, -0.2) is 10.2 Å². The number of nitrogens with one attached hydrogen (secondary N) is 2. The molecule has 0 bridgehead atoms. The van der Waals surface area contributed by atoms with Gasteiger partial charge in [0.25, 0.3) is 0 Å². The van der Waals surface area contributed by atoms with E-state index >= 15 is 0 Å². The summed E-state index contributed by atoms with van der Waals surface area (Å²) in [6, 6.07) is 14.7. The SMILES string of the molecule is COc1ccc(NC(=O)C(=O)N/N=C/c2cccc(OC(=O)c3cccs3)c2)c(OC)c1. The van der Waals surface area contributed by atoms with Gasteiger partial charge in [0.2, 0.25) is 0 Å². The molecule has 2 N–H and O–H groups in total. The summed E-state index contributed by atoms with van der Waals surface area (Å²) in [5.41, 5.74) is 3.00. The van der Waals surface area contributed by atoms with Gasteiger partial charge in [-0.3, -0.25) is 9.59 Å². The van der Waals surface area contributed by atoms with Crippen LogP contribution in [0.15, 0.2) is 65.1 Å². The molecule has 0 radical (unpaired) electrons. The van der Waals surface area contributed by atoms with E-state index in [1.54, 1.807) is 60.0 Å². The van der Waals surface area contributed by atoms with Crippen molar-refractivity contribution in [3.8, 4) is 17.2 Å². The number of esters is 1. The molecule has 2 amide bonds. The second-order valence-corrected chi connectivity index (χ2v) is 7.11. The maximum absolute atomic E-state index is 12.1. The van der Waals surface area contributed by atoms with Crippen molar-refractivity contribution in [3.63, 3.8) is 0 Å². The minimum Gasteiger partial charge on any atom is -0.497 e. The van der Waals surface area contributed by atoms with Gasteiger partial charge in [-0.15, -0.1) is 11.3 Å². The van der Waals surface area contributed by atoms with E-state index < -0.39 is 17.8 Å². The highest BCUT2D eigenvalue weighted by molar-refractivity contribution is 7.12. The molecule has 0 fully saturated rings. The minimum absolute atomic E-state index is 0.303. The van der Waals surface area contributed by atoms with Crippen LogP contribution in [-0.2, 0) is 9.59 Å². The highest BCUT2D eigenvalue weighted by atomic mass is 32.1. The maximum atomic E-state index is 12.1. The van der Waals surface area contributed by atoms with E-state index in [4.69, 9.17) is 14.2 Å². The van der Waals surface area contributed by atoms with Gasteiger partial charge in [-0.2, -0.15) is 5.10 Å². The van der Waals surface area contributed by atoms with Gasteiger partial charge >= 0.3 is 17.8 Å². The Labute approximate surface area is 187 Å². The van der Waals surface area contributed by atoms with Crippen LogP contribution in [0.25, 0.3) is 0 Å². The van der Waals surface area contributed by atoms with Crippen molar-refractivity contribution >= 4 is 41.0 Å². The molecule has 2 aromatic carbocycles. The molecule has 0 saturated heterocycles. The van der Waals surface area contributed by atoms with Crippen LogP contribution in [0.2, 0.25) is 0 Å². The molecule has 9 nitrogen and oxygen atoms in total. The Bertz CT molecular complexity index is 1140. The first-order chi connectivity index (χ1) is 15.5. The highest BCUT2D eigenvalue weighted by Crippen LogP contribution is 2.28. The number of hydrogen-bond acceptors (Lipinski definition) is 8. The van der Waals surface area contributed by atoms with Crippen LogP contribution < -0.4 is 25.0 Å². The molecule has 10 heteroatoms. The average Bonchev–Trinajstić information content (AvgIpc) is 3.34. The van der Waals surface area contributed by atoms with Gasteiger partial charge in [0.05, 0.1) is 26.1 Å². The second-order valence-electron chi connectivity index (χ2n) is 6.16. The number of amides is 2. The molecule has 0 aliphatic heterocycles. The number of hydrogen-bond donors (Lipinski definition) is 2. The third-order valence-corrected chi connectivity index (χ3v) is 4.88. The Hall–Kier alpha value is -4.18. The molecule has 0 atom stereocenters. The van der Waals surface area contributed by atoms with E-state index in [1.165, 1.54) is 31.8 Å². The Balaban J connectivity index is 1.57. The maximum Gasteiger partial charge on any atom is 0.353 e. The Morgan fingerprint density at radius 3 is 2.50 bits per heavy atom. The Morgan fingerprint density at radius 2 is 1.78 bits per heavy atom. The summed E-state index contributed by atoms with van der Waals surface area (Å²) in [5.74, 6) is -1.17. The molecule has 0 unspecified atom stereocenters. The van der Waals surface area contributed by atoms with E-state index in [2.05, 4.69) is 15.8 Å². The fourth-order valence-corrected chi connectivity index (χ4v) is 3.11. The molecule has 0 aliphatic rings. The van der Waals surface area contributed by atoms with Crippen LogP contribution in [0.4, 0.5) is 5.69 Å². The van der Waals surface area contributed by atoms with Gasteiger partial charge in [0, 0.05) is 6.07 Å². The average molecular weight is 453 g/mol. The van der Waals surface area contributed by atoms with Crippen molar-refractivity contribution in [1.82, 2.24) is 5.43 Å². The van der Waals surface area contributed by atoms with Crippen molar-refractivity contribution < 1.29 is 28.6 Å². The number of nitrogens with zero attached hydrogens (tertiary/aromatic N) is 1. The van der Waals surface area contributed by atoms with E-state index in [1.807, 2.05) is 0 Å².